The van der Waals surface area contributed by atoms with Crippen LogP contribution in [0.5, 0.6) is 0 Å². The molecule has 1 aliphatic rings. The number of halogens is 4. The number of alkyl halides is 3. The van der Waals surface area contributed by atoms with E-state index in [0.717, 1.165) is 31.4 Å². The number of sulfonamides is 1. The van der Waals surface area contributed by atoms with Crippen molar-refractivity contribution in [2.45, 2.75) is 40.6 Å². The molecular formula is C13H18ClF3N2O2S2. The smallest absolute Gasteiger partial charge is 0.330 e. The summed E-state index contributed by atoms with van der Waals surface area (Å²) in [5, 5.41) is 0. The van der Waals surface area contributed by atoms with Crippen molar-refractivity contribution in [3.05, 3.63) is 24.3 Å². The highest BCUT2D eigenvalue weighted by molar-refractivity contribution is 8.00. The molecule has 0 heterocycles. The minimum Gasteiger partial charge on any atom is -0.330 e. The van der Waals surface area contributed by atoms with Crippen LogP contribution in [0.25, 0.3) is 0 Å². The summed E-state index contributed by atoms with van der Waals surface area (Å²) in [6.07, 6.45) is 2.52. The van der Waals surface area contributed by atoms with Gasteiger partial charge in [-0.05, 0) is 61.3 Å². The Hall–Kier alpha value is -0.480. The van der Waals surface area contributed by atoms with Gasteiger partial charge in [-0.3, -0.25) is 0 Å². The second-order valence-electron chi connectivity index (χ2n) is 5.17. The average molecular weight is 391 g/mol. The van der Waals surface area contributed by atoms with Crippen LogP contribution in [0.3, 0.4) is 0 Å². The van der Waals surface area contributed by atoms with Crippen molar-refractivity contribution in [3.63, 3.8) is 0 Å². The Balaban J connectivity index is 0.00000264. The second kappa shape index (κ2) is 8.06. The zero-order chi connectivity index (χ0) is 16.4. The van der Waals surface area contributed by atoms with Gasteiger partial charge < -0.3 is 5.73 Å². The SMILES string of the molecule is Cl.NCC1CCCC1NS(=O)(=O)c1ccc(SC(F)(F)F)cc1. The molecule has 0 aliphatic heterocycles. The van der Waals surface area contributed by atoms with Crippen molar-refractivity contribution in [2.24, 2.45) is 11.7 Å². The molecule has 1 aromatic rings. The van der Waals surface area contributed by atoms with E-state index in [0.29, 0.717) is 6.54 Å². The Morgan fingerprint density at radius 1 is 1.22 bits per heavy atom. The van der Waals surface area contributed by atoms with Gasteiger partial charge in [0.05, 0.1) is 4.90 Å². The van der Waals surface area contributed by atoms with Crippen molar-refractivity contribution in [3.8, 4) is 0 Å². The summed E-state index contributed by atoms with van der Waals surface area (Å²) in [5.74, 6) is 0.106. The Bertz CT molecular complexity index is 609. The van der Waals surface area contributed by atoms with Crippen LogP contribution in [0.1, 0.15) is 19.3 Å². The van der Waals surface area contributed by atoms with E-state index in [4.69, 9.17) is 5.73 Å². The van der Waals surface area contributed by atoms with Crippen LogP contribution in [0, 0.1) is 5.92 Å². The van der Waals surface area contributed by atoms with Crippen molar-refractivity contribution in [1.29, 1.82) is 0 Å². The van der Waals surface area contributed by atoms with Gasteiger partial charge in [-0.2, -0.15) is 13.2 Å². The molecule has 1 saturated carbocycles. The van der Waals surface area contributed by atoms with Crippen LogP contribution >= 0.6 is 24.2 Å². The minimum atomic E-state index is -4.39. The summed E-state index contributed by atoms with van der Waals surface area (Å²) in [4.78, 5) is -0.0890. The van der Waals surface area contributed by atoms with Gasteiger partial charge in [0.15, 0.2) is 0 Å². The number of nitrogens with one attached hydrogen (secondary N) is 1. The van der Waals surface area contributed by atoms with Crippen molar-refractivity contribution in [1.82, 2.24) is 4.72 Å². The lowest BCUT2D eigenvalue weighted by Gasteiger charge is -2.19. The minimum absolute atomic E-state index is 0. The Morgan fingerprint density at radius 3 is 2.35 bits per heavy atom. The molecule has 1 aromatic carbocycles. The first-order valence-electron chi connectivity index (χ1n) is 6.79. The van der Waals surface area contributed by atoms with Crippen LogP contribution in [0.2, 0.25) is 0 Å². The number of rotatable bonds is 5. The summed E-state index contributed by atoms with van der Waals surface area (Å²) < 4.78 is 63.9. The highest BCUT2D eigenvalue weighted by atomic mass is 35.5. The summed E-state index contributed by atoms with van der Waals surface area (Å²) in [7, 11) is -3.74. The van der Waals surface area contributed by atoms with Crippen molar-refractivity contribution < 1.29 is 21.6 Å². The van der Waals surface area contributed by atoms with E-state index in [9.17, 15) is 21.6 Å². The zero-order valence-corrected chi connectivity index (χ0v) is 14.5. The fourth-order valence-corrected chi connectivity index (χ4v) is 4.44. The molecule has 2 atom stereocenters. The van der Waals surface area contributed by atoms with E-state index in [-0.39, 0.29) is 45.9 Å². The number of benzene rings is 1. The van der Waals surface area contributed by atoms with Crippen LogP contribution in [-0.4, -0.2) is 26.5 Å². The molecule has 10 heteroatoms. The van der Waals surface area contributed by atoms with Gasteiger partial charge in [0, 0.05) is 10.9 Å². The first-order chi connectivity index (χ1) is 10.2. The fourth-order valence-electron chi connectivity index (χ4n) is 2.56. The normalized spacial score (nSPS) is 21.9. The Labute approximate surface area is 143 Å². The van der Waals surface area contributed by atoms with Crippen molar-refractivity contribution >= 4 is 34.2 Å². The number of hydrogen-bond donors (Lipinski definition) is 2. The highest BCUT2D eigenvalue weighted by Crippen LogP contribution is 2.37. The molecule has 2 unspecified atom stereocenters. The largest absolute Gasteiger partial charge is 0.446 e. The van der Waals surface area contributed by atoms with Crippen LogP contribution in [0.15, 0.2) is 34.1 Å². The lowest BCUT2D eigenvalue weighted by Crippen LogP contribution is -2.39. The molecule has 0 bridgehead atoms. The first-order valence-corrected chi connectivity index (χ1v) is 9.09. The Morgan fingerprint density at radius 2 is 1.83 bits per heavy atom. The van der Waals surface area contributed by atoms with E-state index >= 15 is 0 Å². The van der Waals surface area contributed by atoms with Gasteiger partial charge in [0.2, 0.25) is 10.0 Å². The molecular weight excluding hydrogens is 373 g/mol. The average Bonchev–Trinajstić information content (AvgIpc) is 2.84. The summed E-state index contributed by atoms with van der Waals surface area (Å²) in [6, 6.07) is 4.47. The maximum Gasteiger partial charge on any atom is 0.446 e. The monoisotopic (exact) mass is 390 g/mol. The predicted molar refractivity (Wildman–Crippen MR) is 86.1 cm³/mol. The number of thioether (sulfide) groups is 1. The maximum atomic E-state index is 12.3. The molecule has 132 valence electrons. The Kier molecular flexibility index (Phi) is 7.21. The van der Waals surface area contributed by atoms with Crippen molar-refractivity contribution in [2.75, 3.05) is 6.54 Å². The van der Waals surface area contributed by atoms with Crippen LogP contribution in [0.4, 0.5) is 13.2 Å². The van der Waals surface area contributed by atoms with E-state index in [1.165, 1.54) is 12.1 Å². The topological polar surface area (TPSA) is 72.2 Å². The number of nitrogens with two attached hydrogens (primary N) is 1. The fraction of sp³-hybridized carbons (Fsp3) is 0.538. The second-order valence-corrected chi connectivity index (χ2v) is 8.03. The molecule has 0 spiro atoms. The molecule has 0 saturated heterocycles. The third-order valence-corrected chi connectivity index (χ3v) is 5.88. The van der Waals surface area contributed by atoms with Gasteiger partial charge in [-0.15, -0.1) is 12.4 Å². The third-order valence-electron chi connectivity index (χ3n) is 3.64. The first kappa shape index (κ1) is 20.6. The van der Waals surface area contributed by atoms with E-state index in [1.54, 1.807) is 0 Å². The zero-order valence-electron chi connectivity index (χ0n) is 12.0. The van der Waals surface area contributed by atoms with Gasteiger partial charge >= 0.3 is 5.51 Å². The standard InChI is InChI=1S/C13H17F3N2O2S2.ClH/c14-13(15,16)21-10-4-6-11(7-5-10)22(19,20)18-12-3-1-2-9(12)8-17;/h4-7,9,12,18H,1-3,8,17H2;1H. The van der Waals surface area contributed by atoms with Gasteiger partial charge in [0.1, 0.15) is 0 Å². The van der Waals surface area contributed by atoms with E-state index in [1.807, 2.05) is 0 Å². The lowest BCUT2D eigenvalue weighted by molar-refractivity contribution is -0.0328. The molecule has 3 N–H and O–H groups in total. The summed E-state index contributed by atoms with van der Waals surface area (Å²) in [5.41, 5.74) is 1.22. The van der Waals surface area contributed by atoms with E-state index < -0.39 is 15.5 Å². The van der Waals surface area contributed by atoms with Crippen LogP contribution < -0.4 is 10.5 Å². The highest BCUT2D eigenvalue weighted by Gasteiger charge is 2.31. The molecule has 23 heavy (non-hydrogen) atoms. The van der Waals surface area contributed by atoms with Gasteiger partial charge in [0.25, 0.3) is 0 Å². The molecule has 1 fully saturated rings. The molecule has 4 nitrogen and oxygen atoms in total. The molecule has 0 aromatic heterocycles. The molecule has 0 radical (unpaired) electrons. The maximum absolute atomic E-state index is 12.3. The van der Waals surface area contributed by atoms with Gasteiger partial charge in [-0.25, -0.2) is 13.1 Å². The predicted octanol–water partition coefficient (Wildman–Crippen LogP) is 3.13. The third kappa shape index (κ3) is 5.82. The quantitative estimate of drug-likeness (QED) is 0.758. The van der Waals surface area contributed by atoms with Crippen LogP contribution in [-0.2, 0) is 10.0 Å². The lowest BCUT2D eigenvalue weighted by atomic mass is 10.1. The van der Waals surface area contributed by atoms with E-state index in [2.05, 4.69) is 4.72 Å². The molecule has 0 amide bonds. The summed E-state index contributed by atoms with van der Waals surface area (Å²) in [6.45, 7) is 0.411. The molecule has 2 rings (SSSR count). The van der Waals surface area contributed by atoms with Gasteiger partial charge in [-0.1, -0.05) is 6.42 Å². The summed E-state index contributed by atoms with van der Waals surface area (Å²) >= 11 is -0.275. The number of hydrogen-bond acceptors (Lipinski definition) is 4. The molecule has 1 aliphatic carbocycles.